The normalized spacial score (nSPS) is 12.0. The number of hydrogen-bond donors (Lipinski definition) is 1. The molecule has 3 aromatic carbocycles. The molecule has 0 aliphatic heterocycles. The maximum atomic E-state index is 13.7. The molecule has 0 aliphatic carbocycles. The molecule has 1 atom stereocenters. The van der Waals surface area contributed by atoms with Crippen molar-refractivity contribution in [3.63, 3.8) is 0 Å². The number of nitrogens with one attached hydrogen (secondary N) is 1. The van der Waals surface area contributed by atoms with Crippen LogP contribution in [0.15, 0.2) is 83.3 Å². The number of benzene rings is 3. The highest BCUT2D eigenvalue weighted by atomic mass is 79.9. The van der Waals surface area contributed by atoms with Gasteiger partial charge in [0.2, 0.25) is 5.91 Å². The van der Waals surface area contributed by atoms with Crippen molar-refractivity contribution in [1.82, 2.24) is 10.2 Å². The maximum absolute atomic E-state index is 13.7. The number of carbonyl (C=O) groups excluding carboxylic acids is 2. The second-order valence-electron chi connectivity index (χ2n) is 9.78. The average molecular weight is 552 g/mol. The van der Waals surface area contributed by atoms with E-state index >= 15 is 0 Å². The van der Waals surface area contributed by atoms with E-state index in [-0.39, 0.29) is 23.8 Å². The van der Waals surface area contributed by atoms with Crippen LogP contribution in [0.25, 0.3) is 0 Å². The molecule has 6 heteroatoms. The minimum absolute atomic E-state index is 0.131. The summed E-state index contributed by atoms with van der Waals surface area (Å²) in [4.78, 5) is 28.6. The summed E-state index contributed by atoms with van der Waals surface area (Å²) in [6.45, 7) is 8.84. The number of nitrogens with zero attached hydrogens (tertiary/aromatic N) is 1. The molecule has 190 valence electrons. The van der Waals surface area contributed by atoms with Crippen molar-refractivity contribution in [2.75, 3.05) is 13.2 Å². The summed E-state index contributed by atoms with van der Waals surface area (Å²) < 4.78 is 7.03. The van der Waals surface area contributed by atoms with Crippen molar-refractivity contribution in [2.24, 2.45) is 0 Å². The van der Waals surface area contributed by atoms with E-state index in [2.05, 4.69) is 42.0 Å². The third kappa shape index (κ3) is 7.69. The quantitative estimate of drug-likeness (QED) is 0.341. The summed E-state index contributed by atoms with van der Waals surface area (Å²) in [6, 6.07) is 24.7. The lowest BCUT2D eigenvalue weighted by atomic mass is 9.86. The smallest absolute Gasteiger partial charge is 0.261 e. The second-order valence-corrected chi connectivity index (χ2v) is 10.7. The topological polar surface area (TPSA) is 58.6 Å². The highest BCUT2D eigenvalue weighted by molar-refractivity contribution is 9.10. The molecule has 2 amide bonds. The minimum atomic E-state index is -0.676. The molecular weight excluding hydrogens is 516 g/mol. The Labute approximate surface area is 223 Å². The lowest BCUT2D eigenvalue weighted by Gasteiger charge is -2.31. The molecule has 36 heavy (non-hydrogen) atoms. The number of amides is 2. The van der Waals surface area contributed by atoms with E-state index < -0.39 is 6.04 Å². The molecule has 0 aliphatic rings. The van der Waals surface area contributed by atoms with Gasteiger partial charge in [-0.2, -0.15) is 0 Å². The van der Waals surface area contributed by atoms with Crippen LogP contribution in [-0.2, 0) is 28.0 Å². The van der Waals surface area contributed by atoms with Crippen LogP contribution in [0.5, 0.6) is 5.75 Å². The van der Waals surface area contributed by atoms with Gasteiger partial charge in [0, 0.05) is 24.0 Å². The Morgan fingerprint density at radius 1 is 0.917 bits per heavy atom. The molecule has 0 fully saturated rings. The van der Waals surface area contributed by atoms with Gasteiger partial charge in [-0.3, -0.25) is 9.59 Å². The predicted octanol–water partition coefficient (Wildman–Crippen LogP) is 5.90. The lowest BCUT2D eigenvalue weighted by molar-refractivity contribution is -0.142. The van der Waals surface area contributed by atoms with Crippen LogP contribution in [0.2, 0.25) is 0 Å². The monoisotopic (exact) mass is 550 g/mol. The number of likely N-dealkylation sites (N-methyl/N-ethyl adjacent to an activating group) is 1. The minimum Gasteiger partial charge on any atom is -0.483 e. The fourth-order valence-electron chi connectivity index (χ4n) is 4.07. The Kier molecular flexibility index (Phi) is 9.71. The lowest BCUT2D eigenvalue weighted by Crippen LogP contribution is -2.51. The second kappa shape index (κ2) is 12.7. The molecule has 0 saturated carbocycles. The van der Waals surface area contributed by atoms with Crippen LogP contribution >= 0.6 is 15.9 Å². The maximum Gasteiger partial charge on any atom is 0.261 e. The molecule has 0 radical (unpaired) electrons. The van der Waals surface area contributed by atoms with E-state index in [1.54, 1.807) is 4.90 Å². The van der Waals surface area contributed by atoms with Gasteiger partial charge in [-0.1, -0.05) is 97.4 Å². The predicted molar refractivity (Wildman–Crippen MR) is 148 cm³/mol. The van der Waals surface area contributed by atoms with Crippen LogP contribution < -0.4 is 10.1 Å². The Balaban J connectivity index is 1.91. The van der Waals surface area contributed by atoms with E-state index in [0.29, 0.717) is 25.3 Å². The highest BCUT2D eigenvalue weighted by Crippen LogP contribution is 2.31. The van der Waals surface area contributed by atoms with E-state index in [0.717, 1.165) is 21.2 Å². The summed E-state index contributed by atoms with van der Waals surface area (Å²) in [5, 5.41) is 2.92. The van der Waals surface area contributed by atoms with Gasteiger partial charge in [-0.15, -0.1) is 0 Å². The zero-order valence-corrected chi connectivity index (χ0v) is 23.0. The van der Waals surface area contributed by atoms with Gasteiger partial charge in [0.1, 0.15) is 11.8 Å². The van der Waals surface area contributed by atoms with Crippen LogP contribution in [-0.4, -0.2) is 35.9 Å². The number of halogens is 1. The first-order valence-electron chi connectivity index (χ1n) is 12.3. The number of carbonyl (C=O) groups is 2. The van der Waals surface area contributed by atoms with Gasteiger partial charge in [-0.25, -0.2) is 0 Å². The van der Waals surface area contributed by atoms with E-state index in [9.17, 15) is 9.59 Å². The molecule has 1 N–H and O–H groups in total. The van der Waals surface area contributed by atoms with Crippen molar-refractivity contribution in [2.45, 2.75) is 52.1 Å². The summed E-state index contributed by atoms with van der Waals surface area (Å²) in [5.41, 5.74) is 2.82. The zero-order valence-electron chi connectivity index (χ0n) is 21.5. The molecule has 0 bridgehead atoms. The Morgan fingerprint density at radius 3 is 2.19 bits per heavy atom. The summed E-state index contributed by atoms with van der Waals surface area (Å²) in [6.07, 6.45) is 0.410. The molecule has 0 unspecified atom stereocenters. The standard InChI is InChI=1S/C30H35BrN2O3/c1-5-32-29(35)26(19-22-11-7-6-8-12-22)33(20-23-15-17-24(31)18-16-23)28(34)21-36-27-14-10-9-13-25(27)30(2,3)4/h6-18,26H,5,19-21H2,1-4H3,(H,32,35)/t26-/m0/s1. The average Bonchev–Trinajstić information content (AvgIpc) is 2.86. The molecule has 0 aromatic heterocycles. The van der Waals surface area contributed by atoms with Crippen molar-refractivity contribution >= 4 is 27.7 Å². The van der Waals surface area contributed by atoms with E-state index in [4.69, 9.17) is 4.74 Å². The Bertz CT molecular complexity index is 1140. The largest absolute Gasteiger partial charge is 0.483 e. The molecule has 0 heterocycles. The highest BCUT2D eigenvalue weighted by Gasteiger charge is 2.31. The van der Waals surface area contributed by atoms with Gasteiger partial charge >= 0.3 is 0 Å². The van der Waals surface area contributed by atoms with Crippen LogP contribution in [0, 0.1) is 0 Å². The number of para-hydroxylation sites is 1. The van der Waals surface area contributed by atoms with Crippen molar-refractivity contribution in [3.8, 4) is 5.75 Å². The van der Waals surface area contributed by atoms with Crippen molar-refractivity contribution in [3.05, 3.63) is 100 Å². The first kappa shape index (κ1) is 27.5. The SMILES string of the molecule is CCNC(=O)[C@H](Cc1ccccc1)N(Cc1ccc(Br)cc1)C(=O)COc1ccccc1C(C)(C)C. The van der Waals surface area contributed by atoms with Gasteiger partial charge in [0.15, 0.2) is 6.61 Å². The molecule has 5 nitrogen and oxygen atoms in total. The first-order chi connectivity index (χ1) is 17.2. The van der Waals surface area contributed by atoms with E-state index in [1.807, 2.05) is 85.8 Å². The Hall–Kier alpha value is -3.12. The molecule has 3 aromatic rings. The Morgan fingerprint density at radius 2 is 1.56 bits per heavy atom. The number of hydrogen-bond acceptors (Lipinski definition) is 3. The van der Waals surface area contributed by atoms with Gasteiger partial charge in [-0.05, 0) is 47.2 Å². The summed E-state index contributed by atoms with van der Waals surface area (Å²) in [7, 11) is 0. The van der Waals surface area contributed by atoms with Crippen LogP contribution in [0.4, 0.5) is 0 Å². The van der Waals surface area contributed by atoms with Crippen molar-refractivity contribution in [1.29, 1.82) is 0 Å². The zero-order chi connectivity index (χ0) is 26.1. The fraction of sp³-hybridized carbons (Fsp3) is 0.333. The summed E-state index contributed by atoms with van der Waals surface area (Å²) in [5.74, 6) is 0.260. The third-order valence-electron chi connectivity index (χ3n) is 5.93. The van der Waals surface area contributed by atoms with Gasteiger partial charge < -0.3 is 15.0 Å². The molecule has 3 rings (SSSR count). The summed E-state index contributed by atoms with van der Waals surface area (Å²) >= 11 is 3.47. The molecule has 0 saturated heterocycles. The number of ether oxygens (including phenoxy) is 1. The van der Waals surface area contributed by atoms with Gasteiger partial charge in [0.05, 0.1) is 0 Å². The third-order valence-corrected chi connectivity index (χ3v) is 6.46. The van der Waals surface area contributed by atoms with Crippen LogP contribution in [0.1, 0.15) is 44.4 Å². The van der Waals surface area contributed by atoms with Gasteiger partial charge in [0.25, 0.3) is 5.91 Å². The molecule has 0 spiro atoms. The van der Waals surface area contributed by atoms with Crippen LogP contribution in [0.3, 0.4) is 0 Å². The molecular formula is C30H35BrN2O3. The first-order valence-corrected chi connectivity index (χ1v) is 13.1. The fourth-order valence-corrected chi connectivity index (χ4v) is 4.33. The number of rotatable bonds is 10. The van der Waals surface area contributed by atoms with Crippen molar-refractivity contribution < 1.29 is 14.3 Å². The van der Waals surface area contributed by atoms with E-state index in [1.165, 1.54) is 0 Å².